The van der Waals surface area contributed by atoms with Crippen molar-refractivity contribution >= 4 is 10.0 Å². The summed E-state index contributed by atoms with van der Waals surface area (Å²) >= 11 is 0. The summed E-state index contributed by atoms with van der Waals surface area (Å²) in [4.78, 5) is -0.573. The highest BCUT2D eigenvalue weighted by Gasteiger charge is 2.31. The Kier molecular flexibility index (Phi) is 3.68. The first-order valence-corrected chi connectivity index (χ1v) is 7.30. The van der Waals surface area contributed by atoms with E-state index in [1.165, 1.54) is 4.31 Å². The van der Waals surface area contributed by atoms with Crippen molar-refractivity contribution in [2.75, 3.05) is 13.1 Å². The van der Waals surface area contributed by atoms with E-state index in [0.717, 1.165) is 31.0 Å². The molecule has 100 valence electrons. The van der Waals surface area contributed by atoms with Crippen LogP contribution in [0.15, 0.2) is 23.1 Å². The standard InChI is InChI=1S/C12H15F2NO2S/c1-9-3-2-6-15(8-9)18(16,17)12-7-10(13)4-5-11(12)14/h4-5,7,9H,2-3,6,8H2,1H3. The lowest BCUT2D eigenvalue weighted by Gasteiger charge is -2.30. The molecule has 1 aliphatic rings. The highest BCUT2D eigenvalue weighted by atomic mass is 32.2. The fourth-order valence-corrected chi connectivity index (χ4v) is 3.85. The van der Waals surface area contributed by atoms with Crippen LogP contribution in [0.3, 0.4) is 0 Å². The van der Waals surface area contributed by atoms with Crippen molar-refractivity contribution in [2.45, 2.75) is 24.7 Å². The zero-order valence-corrected chi connectivity index (χ0v) is 10.9. The van der Waals surface area contributed by atoms with Crippen molar-refractivity contribution in [3.8, 4) is 0 Å². The van der Waals surface area contributed by atoms with Gasteiger partial charge in [-0.2, -0.15) is 4.31 Å². The van der Waals surface area contributed by atoms with E-state index in [0.29, 0.717) is 13.1 Å². The number of piperidine rings is 1. The number of sulfonamides is 1. The van der Waals surface area contributed by atoms with Crippen LogP contribution in [0.25, 0.3) is 0 Å². The molecule has 3 nitrogen and oxygen atoms in total. The first kappa shape index (κ1) is 13.4. The van der Waals surface area contributed by atoms with Crippen molar-refractivity contribution < 1.29 is 17.2 Å². The minimum absolute atomic E-state index is 0.241. The van der Waals surface area contributed by atoms with E-state index in [-0.39, 0.29) is 5.92 Å². The van der Waals surface area contributed by atoms with E-state index >= 15 is 0 Å². The Bertz CT molecular complexity index is 545. The summed E-state index contributed by atoms with van der Waals surface area (Å²) in [6.07, 6.45) is 1.70. The van der Waals surface area contributed by atoms with E-state index in [4.69, 9.17) is 0 Å². The SMILES string of the molecule is CC1CCCN(S(=O)(=O)c2cc(F)ccc2F)C1. The second-order valence-electron chi connectivity index (χ2n) is 4.69. The van der Waals surface area contributed by atoms with Gasteiger partial charge in [0.1, 0.15) is 16.5 Å². The molecular weight excluding hydrogens is 260 g/mol. The van der Waals surface area contributed by atoms with Crippen molar-refractivity contribution in [3.05, 3.63) is 29.8 Å². The topological polar surface area (TPSA) is 37.4 Å². The molecule has 18 heavy (non-hydrogen) atoms. The molecule has 2 rings (SSSR count). The average molecular weight is 275 g/mol. The Hall–Kier alpha value is -1.01. The number of benzene rings is 1. The summed E-state index contributed by atoms with van der Waals surface area (Å²) in [5, 5.41) is 0. The van der Waals surface area contributed by atoms with Crippen LogP contribution < -0.4 is 0 Å². The summed E-state index contributed by atoms with van der Waals surface area (Å²) in [5.41, 5.74) is 0. The van der Waals surface area contributed by atoms with Crippen molar-refractivity contribution in [1.29, 1.82) is 0 Å². The van der Waals surface area contributed by atoms with Gasteiger partial charge in [-0.3, -0.25) is 0 Å². The van der Waals surface area contributed by atoms with Gasteiger partial charge in [0.2, 0.25) is 10.0 Å². The van der Waals surface area contributed by atoms with Crippen molar-refractivity contribution in [2.24, 2.45) is 5.92 Å². The second-order valence-corrected chi connectivity index (χ2v) is 6.59. The zero-order valence-electron chi connectivity index (χ0n) is 10.1. The third kappa shape index (κ3) is 2.54. The smallest absolute Gasteiger partial charge is 0.207 e. The summed E-state index contributed by atoms with van der Waals surface area (Å²) in [6.45, 7) is 2.67. The van der Waals surface area contributed by atoms with Gasteiger partial charge >= 0.3 is 0 Å². The van der Waals surface area contributed by atoms with E-state index in [9.17, 15) is 17.2 Å². The van der Waals surface area contributed by atoms with Gasteiger partial charge in [-0.1, -0.05) is 6.92 Å². The van der Waals surface area contributed by atoms with Crippen LogP contribution in [0.1, 0.15) is 19.8 Å². The highest BCUT2D eigenvalue weighted by molar-refractivity contribution is 7.89. The fraction of sp³-hybridized carbons (Fsp3) is 0.500. The van der Waals surface area contributed by atoms with Crippen LogP contribution in [0.4, 0.5) is 8.78 Å². The summed E-state index contributed by atoms with van der Waals surface area (Å²) in [5.74, 6) is -1.42. The molecule has 6 heteroatoms. The molecular formula is C12H15F2NO2S. The van der Waals surface area contributed by atoms with Crippen molar-refractivity contribution in [3.63, 3.8) is 0 Å². The van der Waals surface area contributed by atoms with Crippen LogP contribution in [0.5, 0.6) is 0 Å². The molecule has 0 N–H and O–H groups in total. The maximum atomic E-state index is 13.5. The maximum absolute atomic E-state index is 13.5. The lowest BCUT2D eigenvalue weighted by molar-refractivity contribution is 0.280. The third-order valence-electron chi connectivity index (χ3n) is 3.13. The number of hydrogen-bond acceptors (Lipinski definition) is 2. The Balaban J connectivity index is 2.38. The molecule has 1 unspecified atom stereocenters. The largest absolute Gasteiger partial charge is 0.246 e. The monoisotopic (exact) mass is 275 g/mol. The predicted molar refractivity (Wildman–Crippen MR) is 63.5 cm³/mol. The summed E-state index contributed by atoms with van der Waals surface area (Å²) in [6, 6.07) is 2.49. The fourth-order valence-electron chi connectivity index (χ4n) is 2.18. The molecule has 1 saturated heterocycles. The van der Waals surface area contributed by atoms with Crippen LogP contribution in [0, 0.1) is 17.6 Å². The molecule has 0 radical (unpaired) electrons. The Morgan fingerprint density at radius 1 is 1.33 bits per heavy atom. The van der Waals surface area contributed by atoms with Gasteiger partial charge in [0.15, 0.2) is 0 Å². The normalized spacial score (nSPS) is 22.1. The minimum atomic E-state index is -3.93. The predicted octanol–water partition coefficient (Wildman–Crippen LogP) is 2.39. The number of rotatable bonds is 2. The molecule has 1 atom stereocenters. The maximum Gasteiger partial charge on any atom is 0.246 e. The summed E-state index contributed by atoms with van der Waals surface area (Å²) in [7, 11) is -3.93. The first-order chi connectivity index (χ1) is 8.41. The van der Waals surface area contributed by atoms with Gasteiger partial charge in [0, 0.05) is 13.1 Å². The minimum Gasteiger partial charge on any atom is -0.207 e. The van der Waals surface area contributed by atoms with Crippen molar-refractivity contribution in [1.82, 2.24) is 4.31 Å². The molecule has 1 aromatic carbocycles. The number of hydrogen-bond donors (Lipinski definition) is 0. The molecule has 1 fully saturated rings. The molecule has 1 heterocycles. The zero-order chi connectivity index (χ0) is 13.3. The van der Waals surface area contributed by atoms with E-state index in [1.807, 2.05) is 6.92 Å². The van der Waals surface area contributed by atoms with Gasteiger partial charge < -0.3 is 0 Å². The van der Waals surface area contributed by atoms with Crippen LogP contribution in [-0.2, 0) is 10.0 Å². The number of halogens is 2. The Morgan fingerprint density at radius 2 is 2.06 bits per heavy atom. The average Bonchev–Trinajstić information content (AvgIpc) is 2.32. The van der Waals surface area contributed by atoms with Crippen LogP contribution in [0.2, 0.25) is 0 Å². The molecule has 0 aliphatic carbocycles. The summed E-state index contributed by atoms with van der Waals surface area (Å²) < 4.78 is 52.3. The molecule has 0 spiro atoms. The molecule has 0 aromatic heterocycles. The molecule has 0 bridgehead atoms. The lowest BCUT2D eigenvalue weighted by atomic mass is 10.0. The molecule has 1 aliphatic heterocycles. The molecule has 1 aromatic rings. The van der Waals surface area contributed by atoms with E-state index in [1.54, 1.807) is 0 Å². The second kappa shape index (κ2) is 4.93. The highest BCUT2D eigenvalue weighted by Crippen LogP contribution is 2.25. The van der Waals surface area contributed by atoms with Gasteiger partial charge in [0.05, 0.1) is 0 Å². The van der Waals surface area contributed by atoms with Gasteiger partial charge in [-0.05, 0) is 37.0 Å². The third-order valence-corrected chi connectivity index (χ3v) is 5.01. The first-order valence-electron chi connectivity index (χ1n) is 5.86. The van der Waals surface area contributed by atoms with Gasteiger partial charge in [-0.25, -0.2) is 17.2 Å². The van der Waals surface area contributed by atoms with E-state index < -0.39 is 26.6 Å². The van der Waals surface area contributed by atoms with Crippen LogP contribution >= 0.6 is 0 Å². The quantitative estimate of drug-likeness (QED) is 0.831. The lowest BCUT2D eigenvalue weighted by Crippen LogP contribution is -2.39. The molecule has 0 saturated carbocycles. The Morgan fingerprint density at radius 3 is 2.72 bits per heavy atom. The number of nitrogens with zero attached hydrogens (tertiary/aromatic N) is 1. The van der Waals surface area contributed by atoms with Crippen LogP contribution in [-0.4, -0.2) is 25.8 Å². The van der Waals surface area contributed by atoms with E-state index in [2.05, 4.69) is 0 Å². The molecule has 0 amide bonds. The Labute approximate surface area is 105 Å². The van der Waals surface area contributed by atoms with Gasteiger partial charge in [0.25, 0.3) is 0 Å². The van der Waals surface area contributed by atoms with Gasteiger partial charge in [-0.15, -0.1) is 0 Å².